The van der Waals surface area contributed by atoms with E-state index in [1.54, 1.807) is 72.8 Å². The van der Waals surface area contributed by atoms with Crippen LogP contribution in [-0.2, 0) is 14.2 Å². The quantitative estimate of drug-likeness (QED) is 0.390. The minimum absolute atomic E-state index is 0.111. The van der Waals surface area contributed by atoms with E-state index >= 15 is 0 Å². The molecule has 1 aliphatic heterocycles. The molecule has 0 saturated carbocycles. The Kier molecular flexibility index (Phi) is 6.93. The molecule has 4 aromatic rings. The number of nitrogens with zero attached hydrogens (tertiary/aromatic N) is 1. The molecule has 194 valence electrons. The minimum atomic E-state index is -0.872. The molecular weight excluding hydrogens is 488 g/mol. The highest BCUT2D eigenvalue weighted by Gasteiger charge is 2.41. The van der Waals surface area contributed by atoms with Gasteiger partial charge in [0.15, 0.2) is 0 Å². The molecule has 9 heteroatoms. The number of carbonyl (C=O) groups excluding carboxylic acids is 2. The number of carbonyl (C=O) groups is 2. The lowest BCUT2D eigenvalue weighted by Gasteiger charge is -2.19. The Morgan fingerprint density at radius 1 is 0.895 bits per heavy atom. The Morgan fingerprint density at radius 2 is 1.50 bits per heavy atom. The molecule has 3 aromatic carbocycles. The van der Waals surface area contributed by atoms with Crippen molar-refractivity contribution in [2.24, 2.45) is 0 Å². The Morgan fingerprint density at radius 3 is 2.16 bits per heavy atom. The van der Waals surface area contributed by atoms with Crippen LogP contribution in [-0.4, -0.2) is 40.3 Å². The van der Waals surface area contributed by atoms with Crippen molar-refractivity contribution in [1.82, 2.24) is 9.55 Å². The number of nitrogens with one attached hydrogen (secondary N) is 1. The number of fused-ring (bicyclic) bond motifs is 1. The van der Waals surface area contributed by atoms with E-state index in [0.717, 1.165) is 11.1 Å². The van der Waals surface area contributed by atoms with Crippen molar-refractivity contribution < 1.29 is 23.8 Å². The number of ether oxygens (including phenoxy) is 3. The molecule has 0 amide bonds. The van der Waals surface area contributed by atoms with Crippen molar-refractivity contribution in [2.75, 3.05) is 6.61 Å². The van der Waals surface area contributed by atoms with Crippen LogP contribution in [0.5, 0.6) is 0 Å². The van der Waals surface area contributed by atoms with Crippen molar-refractivity contribution in [3.05, 3.63) is 116 Å². The van der Waals surface area contributed by atoms with Crippen LogP contribution in [0.25, 0.3) is 10.9 Å². The molecule has 5 rings (SSSR count). The van der Waals surface area contributed by atoms with Gasteiger partial charge < -0.3 is 14.2 Å². The van der Waals surface area contributed by atoms with Gasteiger partial charge in [0.1, 0.15) is 25.0 Å². The first kappa shape index (κ1) is 25.2. The Hall–Kier alpha value is -4.50. The molecule has 0 bridgehead atoms. The molecule has 0 unspecified atom stereocenters. The number of aromatic amines is 1. The fraction of sp³-hybridized carbons (Fsp3) is 0.241. The lowest BCUT2D eigenvalue weighted by molar-refractivity contribution is -0.0571. The standard InChI is InChI=1S/C29H26N2O7/c1-17-7-11-19(12-8-17)27(33)36-16-24-23(38-28(34)20-13-9-18(2)10-14-20)15-25(37-24)31-22-6-4-3-5-21(22)26(32)30-29(31)35/h3-14,23-25H,15-16H2,1-2H3,(H,30,32,35)/t23-,24+,25+/m0/s1. The summed E-state index contributed by atoms with van der Waals surface area (Å²) in [5.74, 6) is -1.11. The SMILES string of the molecule is Cc1ccc(C(=O)OC[C@H]2O[C@@H](n3c(=O)[nH]c(=O)c4ccccc43)C[C@@H]2OC(=O)c2ccc(C)cc2)cc1. The van der Waals surface area contributed by atoms with E-state index in [1.807, 2.05) is 13.8 Å². The van der Waals surface area contributed by atoms with E-state index in [4.69, 9.17) is 14.2 Å². The van der Waals surface area contributed by atoms with Crippen molar-refractivity contribution in [3.63, 3.8) is 0 Å². The lowest BCUT2D eigenvalue weighted by atomic mass is 10.1. The zero-order valence-corrected chi connectivity index (χ0v) is 20.9. The summed E-state index contributed by atoms with van der Waals surface area (Å²) in [5.41, 5.74) is 1.96. The normalized spacial score (nSPS) is 18.8. The van der Waals surface area contributed by atoms with E-state index in [-0.39, 0.29) is 13.0 Å². The van der Waals surface area contributed by atoms with Crippen LogP contribution in [0.4, 0.5) is 0 Å². The fourth-order valence-electron chi connectivity index (χ4n) is 4.45. The van der Waals surface area contributed by atoms with E-state index in [9.17, 15) is 19.2 Å². The molecule has 3 atom stereocenters. The number of hydrogen-bond acceptors (Lipinski definition) is 7. The summed E-state index contributed by atoms with van der Waals surface area (Å²) >= 11 is 0. The molecule has 38 heavy (non-hydrogen) atoms. The largest absolute Gasteiger partial charge is 0.459 e. The van der Waals surface area contributed by atoms with Crippen LogP contribution in [0.15, 0.2) is 82.4 Å². The molecule has 0 spiro atoms. The van der Waals surface area contributed by atoms with Crippen LogP contribution < -0.4 is 11.2 Å². The summed E-state index contributed by atoms with van der Waals surface area (Å²) in [7, 11) is 0. The van der Waals surface area contributed by atoms with Gasteiger partial charge in [-0.15, -0.1) is 0 Å². The maximum absolute atomic E-state index is 12.9. The van der Waals surface area contributed by atoms with Gasteiger partial charge in [-0.3, -0.25) is 14.3 Å². The first-order valence-corrected chi connectivity index (χ1v) is 12.2. The van der Waals surface area contributed by atoms with E-state index in [1.165, 1.54) is 4.57 Å². The second-order valence-electron chi connectivity index (χ2n) is 9.29. The number of hydrogen-bond donors (Lipinski definition) is 1. The molecule has 0 radical (unpaired) electrons. The average molecular weight is 515 g/mol. The highest BCUT2D eigenvalue weighted by Crippen LogP contribution is 2.32. The predicted octanol–water partition coefficient (Wildman–Crippen LogP) is 3.68. The first-order valence-electron chi connectivity index (χ1n) is 12.2. The van der Waals surface area contributed by atoms with Crippen molar-refractivity contribution in [3.8, 4) is 0 Å². The van der Waals surface area contributed by atoms with Gasteiger partial charge in [-0.2, -0.15) is 0 Å². The number of H-pyrrole nitrogens is 1. The van der Waals surface area contributed by atoms with Gasteiger partial charge in [0.25, 0.3) is 5.56 Å². The second-order valence-corrected chi connectivity index (χ2v) is 9.29. The van der Waals surface area contributed by atoms with Crippen molar-refractivity contribution in [1.29, 1.82) is 0 Å². The van der Waals surface area contributed by atoms with E-state index in [2.05, 4.69) is 4.98 Å². The van der Waals surface area contributed by atoms with Gasteiger partial charge in [0.05, 0.1) is 22.0 Å². The highest BCUT2D eigenvalue weighted by atomic mass is 16.6. The summed E-state index contributed by atoms with van der Waals surface area (Å²) in [6, 6.07) is 20.5. The monoisotopic (exact) mass is 514 g/mol. The van der Waals surface area contributed by atoms with Crippen LogP contribution >= 0.6 is 0 Å². The second kappa shape index (κ2) is 10.5. The van der Waals surface area contributed by atoms with Crippen molar-refractivity contribution >= 4 is 22.8 Å². The maximum Gasteiger partial charge on any atom is 0.338 e. The number of benzene rings is 3. The number of aromatic nitrogens is 2. The minimum Gasteiger partial charge on any atom is -0.459 e. The lowest BCUT2D eigenvalue weighted by Crippen LogP contribution is -2.33. The Labute approximate surface area is 217 Å². The number of para-hydroxylation sites is 1. The average Bonchev–Trinajstić information content (AvgIpc) is 3.29. The number of aryl methyl sites for hydroxylation is 2. The molecule has 1 fully saturated rings. The Bertz CT molecular complexity index is 1600. The smallest absolute Gasteiger partial charge is 0.338 e. The Balaban J connectivity index is 1.42. The zero-order chi connectivity index (χ0) is 26.8. The van der Waals surface area contributed by atoms with Gasteiger partial charge in [0, 0.05) is 6.42 Å². The zero-order valence-electron chi connectivity index (χ0n) is 20.9. The topological polar surface area (TPSA) is 117 Å². The van der Waals surface area contributed by atoms with Gasteiger partial charge in [-0.05, 0) is 50.2 Å². The van der Waals surface area contributed by atoms with Gasteiger partial charge in [0.2, 0.25) is 0 Å². The first-order chi connectivity index (χ1) is 18.3. The summed E-state index contributed by atoms with van der Waals surface area (Å²) in [6.07, 6.45) is -2.43. The third-order valence-corrected chi connectivity index (χ3v) is 6.53. The van der Waals surface area contributed by atoms with Crippen LogP contribution in [0, 0.1) is 13.8 Å². The third-order valence-electron chi connectivity index (χ3n) is 6.53. The predicted molar refractivity (Wildman–Crippen MR) is 139 cm³/mol. The maximum atomic E-state index is 12.9. The molecular formula is C29H26N2O7. The van der Waals surface area contributed by atoms with Crippen LogP contribution in [0.2, 0.25) is 0 Å². The van der Waals surface area contributed by atoms with Crippen LogP contribution in [0.1, 0.15) is 44.5 Å². The highest BCUT2D eigenvalue weighted by molar-refractivity contribution is 5.90. The fourth-order valence-corrected chi connectivity index (χ4v) is 4.45. The summed E-state index contributed by atoms with van der Waals surface area (Å²) < 4.78 is 18.8. The molecule has 0 aliphatic carbocycles. The summed E-state index contributed by atoms with van der Waals surface area (Å²) in [5, 5.41) is 0.318. The van der Waals surface area contributed by atoms with Crippen molar-refractivity contribution in [2.45, 2.75) is 38.7 Å². The summed E-state index contributed by atoms with van der Waals surface area (Å²) in [4.78, 5) is 53.0. The molecule has 1 aromatic heterocycles. The van der Waals surface area contributed by atoms with E-state index < -0.39 is 41.6 Å². The van der Waals surface area contributed by atoms with Gasteiger partial charge in [-0.25, -0.2) is 14.4 Å². The van der Waals surface area contributed by atoms with Crippen LogP contribution in [0.3, 0.4) is 0 Å². The number of rotatable bonds is 6. The molecule has 1 aliphatic rings. The van der Waals surface area contributed by atoms with Gasteiger partial charge >= 0.3 is 17.6 Å². The molecule has 1 N–H and O–H groups in total. The summed E-state index contributed by atoms with van der Waals surface area (Å²) in [6.45, 7) is 3.62. The number of esters is 2. The van der Waals surface area contributed by atoms with Gasteiger partial charge in [-0.1, -0.05) is 47.5 Å². The molecule has 9 nitrogen and oxygen atoms in total. The molecule has 1 saturated heterocycles. The third kappa shape index (κ3) is 5.14. The molecule has 2 heterocycles. The van der Waals surface area contributed by atoms with E-state index in [0.29, 0.717) is 22.0 Å².